The number of hydrogen-bond acceptors (Lipinski definition) is 2. The van der Waals surface area contributed by atoms with Crippen molar-refractivity contribution in [2.24, 2.45) is 0 Å². The van der Waals surface area contributed by atoms with Gasteiger partial charge in [-0.25, -0.2) is 0 Å². The Bertz CT molecular complexity index is 138. The second-order valence-electron chi connectivity index (χ2n) is 2.06. The molecule has 0 saturated heterocycles. The van der Waals surface area contributed by atoms with Gasteiger partial charge in [-0.2, -0.15) is 0 Å². The number of allylic oxidation sites excluding steroid dienone is 1. The molecule has 0 amide bonds. The molecule has 1 atom stereocenters. The second kappa shape index (κ2) is 4.12. The van der Waals surface area contributed by atoms with Gasteiger partial charge in [-0.3, -0.25) is 0 Å². The van der Waals surface area contributed by atoms with E-state index in [0.717, 1.165) is 13.0 Å². The molecule has 2 heteroatoms. The monoisotopic (exact) mass is 140 g/mol. The fourth-order valence-corrected chi connectivity index (χ4v) is 0.751. The van der Waals surface area contributed by atoms with Crippen molar-refractivity contribution >= 4 is 0 Å². The lowest BCUT2D eigenvalue weighted by Crippen LogP contribution is -2.09. The Labute approximate surface area is 61.1 Å². The zero-order valence-electron chi connectivity index (χ0n) is 6.12. The van der Waals surface area contributed by atoms with Gasteiger partial charge in [-0.1, -0.05) is 6.08 Å². The maximum absolute atomic E-state index is 5.27. The van der Waals surface area contributed by atoms with Gasteiger partial charge >= 0.3 is 0 Å². The van der Waals surface area contributed by atoms with Crippen LogP contribution in [-0.2, 0) is 9.47 Å². The highest BCUT2D eigenvalue weighted by Crippen LogP contribution is 2.03. The van der Waals surface area contributed by atoms with E-state index in [1.54, 1.807) is 6.26 Å². The Kier molecular flexibility index (Phi) is 3.03. The van der Waals surface area contributed by atoms with E-state index in [1.165, 1.54) is 0 Å². The van der Waals surface area contributed by atoms with Gasteiger partial charge in [0, 0.05) is 0 Å². The van der Waals surface area contributed by atoms with E-state index in [1.807, 2.05) is 25.2 Å². The van der Waals surface area contributed by atoms with Crippen LogP contribution in [0, 0.1) is 0 Å². The summed E-state index contributed by atoms with van der Waals surface area (Å²) in [4.78, 5) is 0. The number of rotatable bonds is 1. The van der Waals surface area contributed by atoms with E-state index in [4.69, 9.17) is 9.47 Å². The van der Waals surface area contributed by atoms with E-state index in [9.17, 15) is 0 Å². The summed E-state index contributed by atoms with van der Waals surface area (Å²) in [5.74, 6) is 0. The van der Waals surface area contributed by atoms with E-state index >= 15 is 0 Å². The van der Waals surface area contributed by atoms with Crippen molar-refractivity contribution in [2.45, 2.75) is 19.6 Å². The fourth-order valence-electron chi connectivity index (χ4n) is 0.751. The topological polar surface area (TPSA) is 18.5 Å². The highest BCUT2D eigenvalue weighted by atomic mass is 16.7. The predicted molar refractivity (Wildman–Crippen MR) is 39.4 cm³/mol. The van der Waals surface area contributed by atoms with Crippen LogP contribution in [0.25, 0.3) is 0 Å². The minimum atomic E-state index is -0.177. The first-order valence-corrected chi connectivity index (χ1v) is 3.48. The third-order valence-electron chi connectivity index (χ3n) is 1.23. The molecular formula is C8H12O2. The molecule has 0 N–H and O–H groups in total. The zero-order valence-corrected chi connectivity index (χ0v) is 6.12. The SMILES string of the molecule is C/C=C/C1OC=CCCO1. The largest absolute Gasteiger partial charge is 0.469 e. The van der Waals surface area contributed by atoms with Crippen LogP contribution >= 0.6 is 0 Å². The predicted octanol–water partition coefficient (Wildman–Crippen LogP) is 1.84. The molecule has 0 aliphatic carbocycles. The lowest BCUT2D eigenvalue weighted by molar-refractivity contribution is -0.0639. The molecule has 1 aliphatic heterocycles. The number of ether oxygens (including phenoxy) is 2. The van der Waals surface area contributed by atoms with E-state index in [0.29, 0.717) is 0 Å². The van der Waals surface area contributed by atoms with Crippen molar-refractivity contribution in [3.8, 4) is 0 Å². The Morgan fingerprint density at radius 1 is 1.60 bits per heavy atom. The smallest absolute Gasteiger partial charge is 0.218 e. The minimum Gasteiger partial charge on any atom is -0.469 e. The molecule has 2 nitrogen and oxygen atoms in total. The van der Waals surface area contributed by atoms with Crippen molar-refractivity contribution in [2.75, 3.05) is 6.61 Å². The summed E-state index contributed by atoms with van der Waals surface area (Å²) in [7, 11) is 0. The van der Waals surface area contributed by atoms with Crippen molar-refractivity contribution in [1.82, 2.24) is 0 Å². The third kappa shape index (κ3) is 2.23. The number of hydrogen-bond donors (Lipinski definition) is 0. The molecule has 0 aromatic heterocycles. The lowest BCUT2D eigenvalue weighted by atomic mass is 10.4. The molecule has 10 heavy (non-hydrogen) atoms. The van der Waals surface area contributed by atoms with Crippen LogP contribution in [0.1, 0.15) is 13.3 Å². The van der Waals surface area contributed by atoms with Crippen molar-refractivity contribution in [1.29, 1.82) is 0 Å². The molecule has 1 heterocycles. The molecule has 0 aromatic carbocycles. The third-order valence-corrected chi connectivity index (χ3v) is 1.23. The Hall–Kier alpha value is -0.760. The summed E-state index contributed by atoms with van der Waals surface area (Å²) in [5.41, 5.74) is 0. The first-order valence-electron chi connectivity index (χ1n) is 3.48. The molecular weight excluding hydrogens is 128 g/mol. The van der Waals surface area contributed by atoms with Crippen molar-refractivity contribution < 1.29 is 9.47 Å². The van der Waals surface area contributed by atoms with Crippen LogP contribution in [-0.4, -0.2) is 12.9 Å². The molecule has 1 unspecified atom stereocenters. The maximum atomic E-state index is 5.27. The van der Waals surface area contributed by atoms with Crippen LogP contribution in [0.5, 0.6) is 0 Å². The first-order chi connectivity index (χ1) is 4.93. The van der Waals surface area contributed by atoms with Gasteiger partial charge in [0.05, 0.1) is 12.9 Å². The van der Waals surface area contributed by atoms with Gasteiger partial charge < -0.3 is 9.47 Å². The fraction of sp³-hybridized carbons (Fsp3) is 0.500. The molecule has 0 radical (unpaired) electrons. The van der Waals surface area contributed by atoms with Crippen LogP contribution in [0.4, 0.5) is 0 Å². The lowest BCUT2D eigenvalue weighted by Gasteiger charge is -2.09. The van der Waals surface area contributed by atoms with Crippen molar-refractivity contribution in [3.63, 3.8) is 0 Å². The van der Waals surface area contributed by atoms with Gasteiger partial charge in [-0.05, 0) is 25.5 Å². The van der Waals surface area contributed by atoms with Crippen LogP contribution in [0.2, 0.25) is 0 Å². The quantitative estimate of drug-likeness (QED) is 0.517. The van der Waals surface area contributed by atoms with E-state index < -0.39 is 0 Å². The van der Waals surface area contributed by atoms with E-state index in [2.05, 4.69) is 0 Å². The molecule has 0 bridgehead atoms. The van der Waals surface area contributed by atoms with Crippen molar-refractivity contribution in [3.05, 3.63) is 24.5 Å². The summed E-state index contributed by atoms with van der Waals surface area (Å²) >= 11 is 0. The van der Waals surface area contributed by atoms with Gasteiger partial charge in [0.1, 0.15) is 0 Å². The van der Waals surface area contributed by atoms with Gasteiger partial charge in [0.15, 0.2) is 0 Å². The van der Waals surface area contributed by atoms with Crippen LogP contribution in [0.3, 0.4) is 0 Å². The zero-order chi connectivity index (χ0) is 7.23. The highest BCUT2D eigenvalue weighted by Gasteiger charge is 2.03. The second-order valence-corrected chi connectivity index (χ2v) is 2.06. The molecule has 0 fully saturated rings. The summed E-state index contributed by atoms with van der Waals surface area (Å²) in [6.45, 7) is 2.69. The summed E-state index contributed by atoms with van der Waals surface area (Å²) in [5, 5.41) is 0. The average Bonchev–Trinajstić information content (AvgIpc) is 2.17. The van der Waals surface area contributed by atoms with Crippen LogP contribution in [0.15, 0.2) is 24.5 Å². The Morgan fingerprint density at radius 2 is 2.50 bits per heavy atom. The molecule has 0 saturated carbocycles. The molecule has 56 valence electrons. The maximum Gasteiger partial charge on any atom is 0.218 e. The molecule has 0 aromatic rings. The molecule has 0 spiro atoms. The van der Waals surface area contributed by atoms with Gasteiger partial charge in [-0.15, -0.1) is 0 Å². The summed E-state index contributed by atoms with van der Waals surface area (Å²) in [6.07, 6.45) is 8.22. The average molecular weight is 140 g/mol. The molecule has 1 aliphatic rings. The minimum absolute atomic E-state index is 0.177. The first kappa shape index (κ1) is 7.35. The normalized spacial score (nSPS) is 26.3. The van der Waals surface area contributed by atoms with Crippen LogP contribution < -0.4 is 0 Å². The Balaban J connectivity index is 2.37. The summed E-state index contributed by atoms with van der Waals surface area (Å²) < 4.78 is 10.4. The standard InChI is InChI=1S/C8H12O2/c1-2-5-8-9-6-3-4-7-10-8/h2-3,5-6,8H,4,7H2,1H3/b5-2+. The van der Waals surface area contributed by atoms with E-state index in [-0.39, 0.29) is 6.29 Å². The van der Waals surface area contributed by atoms with Gasteiger partial charge in [0.25, 0.3) is 0 Å². The van der Waals surface area contributed by atoms with Gasteiger partial charge in [0.2, 0.25) is 6.29 Å². The highest BCUT2D eigenvalue weighted by molar-refractivity contribution is 4.86. The molecule has 1 rings (SSSR count). The Morgan fingerprint density at radius 3 is 3.30 bits per heavy atom. The summed E-state index contributed by atoms with van der Waals surface area (Å²) in [6, 6.07) is 0.